The Balaban J connectivity index is 1.32. The summed E-state index contributed by atoms with van der Waals surface area (Å²) in [7, 11) is 3.34. The lowest BCUT2D eigenvalue weighted by atomic mass is 9.74. The van der Waals surface area contributed by atoms with Crippen molar-refractivity contribution in [2.75, 3.05) is 14.2 Å². The average Bonchev–Trinajstić information content (AvgIpc) is 3.78. The number of nitrogens with zero attached hydrogens (tertiary/aromatic N) is 5. The first kappa shape index (κ1) is 28.9. The number of hydrogen-bond acceptors (Lipinski definition) is 7. The molecule has 2 aromatic heterocycles. The van der Waals surface area contributed by atoms with E-state index in [2.05, 4.69) is 69.9 Å². The molecule has 48 heavy (non-hydrogen) atoms. The molecule has 0 spiro atoms. The highest BCUT2D eigenvalue weighted by atomic mass is 16.6. The highest BCUT2D eigenvalue weighted by Gasteiger charge is 2.53. The zero-order valence-electron chi connectivity index (χ0n) is 26.6. The van der Waals surface area contributed by atoms with Crippen molar-refractivity contribution in [1.29, 1.82) is 0 Å². The number of para-hydroxylation sites is 2. The number of aromatic nitrogens is 2. The van der Waals surface area contributed by atoms with Crippen molar-refractivity contribution in [3.63, 3.8) is 0 Å². The Kier molecular flexibility index (Phi) is 5.92. The van der Waals surface area contributed by atoms with Crippen molar-refractivity contribution in [1.82, 2.24) is 19.4 Å². The van der Waals surface area contributed by atoms with Gasteiger partial charge in [-0.2, -0.15) is 0 Å². The van der Waals surface area contributed by atoms with Gasteiger partial charge in [-0.15, -0.1) is 0 Å². The number of nitro groups is 2. The monoisotopic (exact) mass is 644 g/mol. The Hall–Kier alpha value is -5.33. The number of nitro benzene ring substituents is 2. The molecule has 1 N–H and O–H groups in total. The maximum absolute atomic E-state index is 14.2. The van der Waals surface area contributed by atoms with Gasteiger partial charge >= 0.3 is 0 Å². The topological polar surface area (TPSA) is 138 Å². The second-order valence-electron chi connectivity index (χ2n) is 13.6. The quantitative estimate of drug-likeness (QED) is 0.166. The molecule has 1 aliphatic carbocycles. The molecule has 0 radical (unpaired) electrons. The van der Waals surface area contributed by atoms with E-state index >= 15 is 0 Å². The zero-order chi connectivity index (χ0) is 33.2. The fourth-order valence-corrected chi connectivity index (χ4v) is 9.45. The minimum atomic E-state index is -0.715. The summed E-state index contributed by atoms with van der Waals surface area (Å²) in [5, 5.41) is 31.9. The normalized spacial score (nSPS) is 22.9. The van der Waals surface area contributed by atoms with E-state index < -0.39 is 44.8 Å². The van der Waals surface area contributed by atoms with Gasteiger partial charge in [0, 0.05) is 78.0 Å². The number of benzene rings is 4. The standard InChI is InChI=1S/C36H32N6O6/c1-36-16-22(15-29(34(36)48-3)38(2)35(43)19-12-20(41(44)45)14-21(13-19)42(46)47)39-27-10-6-4-8-23(27)30-25-17-37-18-26(25)31-24-9-5-7-11-28(24)40(36)33(31)32(30)39/h4-14,22,29,34,37H,15-18H2,1-3H3/t22-,29+,34+,36-/m0/s1. The molecule has 9 rings (SSSR count). The van der Waals surface area contributed by atoms with Gasteiger partial charge in [-0.1, -0.05) is 36.4 Å². The molecular formula is C36H32N6O6. The van der Waals surface area contributed by atoms with Crippen LogP contribution in [0.2, 0.25) is 0 Å². The average molecular weight is 645 g/mol. The minimum absolute atomic E-state index is 0.0298. The Morgan fingerprint density at radius 1 is 0.917 bits per heavy atom. The molecule has 3 aliphatic rings. The molecule has 4 atom stereocenters. The molecule has 2 aliphatic heterocycles. The molecule has 242 valence electrons. The van der Waals surface area contributed by atoms with Gasteiger partial charge in [0.1, 0.15) is 6.10 Å². The van der Waals surface area contributed by atoms with Crippen LogP contribution >= 0.6 is 0 Å². The molecule has 0 unspecified atom stereocenters. The first-order valence-corrected chi connectivity index (χ1v) is 16.1. The number of nitrogens with one attached hydrogen (secondary N) is 1. The van der Waals surface area contributed by atoms with E-state index in [1.807, 2.05) is 0 Å². The largest absolute Gasteiger partial charge is 0.377 e. The summed E-state index contributed by atoms with van der Waals surface area (Å²) in [5.74, 6) is -0.538. The van der Waals surface area contributed by atoms with Gasteiger partial charge in [0.25, 0.3) is 17.3 Å². The molecule has 0 saturated heterocycles. The second-order valence-corrected chi connectivity index (χ2v) is 13.6. The van der Waals surface area contributed by atoms with Gasteiger partial charge in [-0.3, -0.25) is 25.0 Å². The third-order valence-corrected chi connectivity index (χ3v) is 11.2. The maximum Gasteiger partial charge on any atom is 0.277 e. The number of likely N-dealkylation sites (N-methyl/N-ethyl adjacent to an activating group) is 1. The van der Waals surface area contributed by atoms with Gasteiger partial charge in [-0.25, -0.2) is 0 Å². The summed E-state index contributed by atoms with van der Waals surface area (Å²) in [6.45, 7) is 3.78. The fourth-order valence-electron chi connectivity index (χ4n) is 9.45. The summed E-state index contributed by atoms with van der Waals surface area (Å²) < 4.78 is 11.4. The number of ether oxygens (including phenoxy) is 1. The molecule has 1 saturated carbocycles. The Morgan fingerprint density at radius 2 is 1.50 bits per heavy atom. The van der Waals surface area contributed by atoms with Crippen molar-refractivity contribution in [3.8, 4) is 0 Å². The van der Waals surface area contributed by atoms with E-state index in [4.69, 9.17) is 4.74 Å². The molecule has 2 bridgehead atoms. The predicted octanol–water partition coefficient (Wildman–Crippen LogP) is 6.54. The van der Waals surface area contributed by atoms with E-state index in [9.17, 15) is 25.0 Å². The van der Waals surface area contributed by atoms with Gasteiger partial charge in [-0.05, 0) is 43.0 Å². The zero-order valence-corrected chi connectivity index (χ0v) is 26.6. The number of methoxy groups -OCH3 is 1. The van der Waals surface area contributed by atoms with Crippen LogP contribution in [0.15, 0.2) is 66.7 Å². The van der Waals surface area contributed by atoms with Crippen molar-refractivity contribution < 1.29 is 19.4 Å². The van der Waals surface area contributed by atoms with E-state index in [0.717, 1.165) is 48.7 Å². The van der Waals surface area contributed by atoms with E-state index in [1.54, 1.807) is 19.1 Å². The van der Waals surface area contributed by atoms with Gasteiger partial charge in [0.05, 0.1) is 44.1 Å². The van der Waals surface area contributed by atoms with Crippen molar-refractivity contribution >= 4 is 60.9 Å². The molecule has 12 heteroatoms. The van der Waals surface area contributed by atoms with Crippen LogP contribution in [0.1, 0.15) is 47.3 Å². The summed E-state index contributed by atoms with van der Waals surface area (Å²) in [4.78, 5) is 37.8. The maximum atomic E-state index is 14.2. The predicted molar refractivity (Wildman–Crippen MR) is 181 cm³/mol. The number of carbonyl (C=O) groups excluding carboxylic acids is 1. The highest BCUT2D eigenvalue weighted by molar-refractivity contribution is 6.25. The Bertz CT molecular complexity index is 2400. The van der Waals surface area contributed by atoms with E-state index in [-0.39, 0.29) is 11.6 Å². The van der Waals surface area contributed by atoms with Crippen LogP contribution in [0.5, 0.6) is 0 Å². The molecule has 12 nitrogen and oxygen atoms in total. The van der Waals surface area contributed by atoms with Crippen LogP contribution in [0.4, 0.5) is 11.4 Å². The molecule has 6 aromatic rings. The van der Waals surface area contributed by atoms with Crippen molar-refractivity contribution in [3.05, 3.63) is 104 Å². The third kappa shape index (κ3) is 3.58. The lowest BCUT2D eigenvalue weighted by molar-refractivity contribution is -0.394. The van der Waals surface area contributed by atoms with Crippen LogP contribution in [-0.2, 0) is 23.4 Å². The lowest BCUT2D eigenvalue weighted by Gasteiger charge is -2.51. The summed E-state index contributed by atoms with van der Waals surface area (Å²) >= 11 is 0. The van der Waals surface area contributed by atoms with Crippen molar-refractivity contribution in [2.24, 2.45) is 0 Å². The van der Waals surface area contributed by atoms with E-state index in [1.165, 1.54) is 43.7 Å². The van der Waals surface area contributed by atoms with Crippen molar-refractivity contribution in [2.45, 2.75) is 56.6 Å². The SMILES string of the molecule is CO[C@@H]1[C@H](N(C)C(=O)c2cc([N+](=O)[O-])cc([N+](=O)[O-])c2)C[C@H]2C[C@]1(C)n1c3ccccc3c3c4c(c5c6ccccc6n2c5c31)CNC4. The molecule has 1 fully saturated rings. The lowest BCUT2D eigenvalue weighted by Crippen LogP contribution is -2.60. The first-order valence-electron chi connectivity index (χ1n) is 16.1. The number of non-ortho nitro benzene ring substituents is 2. The summed E-state index contributed by atoms with van der Waals surface area (Å²) in [5.41, 5.74) is 5.50. The van der Waals surface area contributed by atoms with Gasteiger partial charge < -0.3 is 24.1 Å². The number of amides is 1. The van der Waals surface area contributed by atoms with Crippen LogP contribution in [0, 0.1) is 20.2 Å². The van der Waals surface area contributed by atoms with Gasteiger partial charge in [0.15, 0.2) is 0 Å². The smallest absolute Gasteiger partial charge is 0.277 e. The minimum Gasteiger partial charge on any atom is -0.377 e. The Labute approximate surface area is 273 Å². The summed E-state index contributed by atoms with van der Waals surface area (Å²) in [6.07, 6.45) is 0.819. The van der Waals surface area contributed by atoms with Gasteiger partial charge in [0.2, 0.25) is 0 Å². The molecule has 4 aromatic carbocycles. The van der Waals surface area contributed by atoms with Crippen LogP contribution in [0.3, 0.4) is 0 Å². The second kappa shape index (κ2) is 9.85. The van der Waals surface area contributed by atoms with E-state index in [0.29, 0.717) is 6.42 Å². The fraction of sp³-hybridized carbons (Fsp3) is 0.306. The molecule has 4 heterocycles. The number of fused-ring (bicyclic) bond motifs is 13. The highest BCUT2D eigenvalue weighted by Crippen LogP contribution is 2.55. The van der Waals surface area contributed by atoms with Crippen LogP contribution in [-0.4, -0.2) is 56.1 Å². The number of hydrogen-bond donors (Lipinski definition) is 1. The Morgan fingerprint density at radius 3 is 2.12 bits per heavy atom. The third-order valence-electron chi connectivity index (χ3n) is 11.2. The first-order chi connectivity index (χ1) is 23.1. The summed E-state index contributed by atoms with van der Waals surface area (Å²) in [6, 6.07) is 19.7. The van der Waals surface area contributed by atoms with Crippen LogP contribution < -0.4 is 5.32 Å². The number of carbonyl (C=O) groups is 1. The number of rotatable bonds is 5. The van der Waals surface area contributed by atoms with Crippen LogP contribution in [0.25, 0.3) is 43.6 Å². The molecule has 1 amide bonds. The molecular weight excluding hydrogens is 612 g/mol.